The Hall–Kier alpha value is -1.60. The predicted octanol–water partition coefficient (Wildman–Crippen LogP) is 3.70. The second-order valence-corrected chi connectivity index (χ2v) is 7.42. The van der Waals surface area contributed by atoms with Crippen molar-refractivity contribution in [2.45, 2.75) is 12.0 Å². The summed E-state index contributed by atoms with van der Waals surface area (Å²) in [5, 5.41) is 13.0. The molecule has 1 fully saturated rings. The molecule has 1 atom stereocenters. The highest BCUT2D eigenvalue weighted by molar-refractivity contribution is 7.17. The molecule has 126 valence electrons. The third kappa shape index (κ3) is 3.42. The first-order valence-electron chi connectivity index (χ1n) is 7.10. The zero-order valence-electron chi connectivity index (χ0n) is 12.3. The van der Waals surface area contributed by atoms with Gasteiger partial charge in [-0.3, -0.25) is 4.79 Å². The third-order valence-electron chi connectivity index (χ3n) is 3.76. The summed E-state index contributed by atoms with van der Waals surface area (Å²) in [4.78, 5) is 25.1. The molecule has 3 rings (SSSR count). The topological polar surface area (TPSA) is 75.6 Å². The minimum Gasteiger partial charge on any atom is -0.479 e. The molecule has 1 aromatic heterocycles. The molecule has 24 heavy (non-hydrogen) atoms. The highest BCUT2D eigenvalue weighted by Crippen LogP contribution is 2.32. The Kier molecular flexibility index (Phi) is 4.83. The minimum absolute atomic E-state index is 0.0315. The number of hydrogen-bond donors (Lipinski definition) is 2. The van der Waals surface area contributed by atoms with Gasteiger partial charge in [0.1, 0.15) is 0 Å². The van der Waals surface area contributed by atoms with Crippen LogP contribution >= 0.6 is 34.5 Å². The van der Waals surface area contributed by atoms with Crippen LogP contribution in [-0.2, 0) is 9.53 Å². The lowest BCUT2D eigenvalue weighted by molar-refractivity contribution is -0.144. The van der Waals surface area contributed by atoms with E-state index in [4.69, 9.17) is 27.9 Å². The van der Waals surface area contributed by atoms with Crippen molar-refractivity contribution >= 4 is 46.4 Å². The SMILES string of the molecule is O=C(NC1(C(=O)O)CCOC1)c1ccc(-c2cc(Cl)cc(Cl)c2)s1. The lowest BCUT2D eigenvalue weighted by atomic mass is 9.99. The number of aliphatic carboxylic acids is 1. The van der Waals surface area contributed by atoms with E-state index in [0.717, 1.165) is 10.4 Å². The van der Waals surface area contributed by atoms with Gasteiger partial charge in [0.25, 0.3) is 5.91 Å². The van der Waals surface area contributed by atoms with Crippen LogP contribution in [0.15, 0.2) is 30.3 Å². The molecule has 5 nitrogen and oxygen atoms in total. The third-order valence-corrected chi connectivity index (χ3v) is 5.33. The summed E-state index contributed by atoms with van der Waals surface area (Å²) in [6.45, 7) is 0.277. The molecule has 1 saturated heterocycles. The van der Waals surface area contributed by atoms with Crippen molar-refractivity contribution in [3.05, 3.63) is 45.3 Å². The van der Waals surface area contributed by atoms with E-state index in [1.54, 1.807) is 30.3 Å². The Labute approximate surface area is 152 Å². The van der Waals surface area contributed by atoms with Crippen LogP contribution in [0.1, 0.15) is 16.1 Å². The molecule has 1 unspecified atom stereocenters. The van der Waals surface area contributed by atoms with E-state index in [-0.39, 0.29) is 13.0 Å². The van der Waals surface area contributed by atoms with Crippen molar-refractivity contribution < 1.29 is 19.4 Å². The summed E-state index contributed by atoms with van der Waals surface area (Å²) in [5.41, 5.74) is -0.561. The summed E-state index contributed by atoms with van der Waals surface area (Å²) in [7, 11) is 0. The molecule has 0 aliphatic carbocycles. The number of carboxylic acids is 1. The average Bonchev–Trinajstić information content (AvgIpc) is 3.16. The maximum absolute atomic E-state index is 12.4. The first-order valence-corrected chi connectivity index (χ1v) is 8.67. The smallest absolute Gasteiger partial charge is 0.331 e. The number of nitrogens with one attached hydrogen (secondary N) is 1. The number of amides is 1. The van der Waals surface area contributed by atoms with Gasteiger partial charge in [-0.25, -0.2) is 4.79 Å². The van der Waals surface area contributed by atoms with E-state index in [9.17, 15) is 14.7 Å². The van der Waals surface area contributed by atoms with E-state index >= 15 is 0 Å². The standard InChI is InChI=1S/C16H13Cl2NO4S/c17-10-5-9(6-11(18)7-10)12-1-2-13(24-12)14(20)19-16(15(21)22)3-4-23-8-16/h1-2,5-7H,3-4,8H2,(H,19,20)(H,21,22). The van der Waals surface area contributed by atoms with Gasteiger partial charge in [0.15, 0.2) is 5.54 Å². The van der Waals surface area contributed by atoms with Gasteiger partial charge >= 0.3 is 5.97 Å². The van der Waals surface area contributed by atoms with Crippen molar-refractivity contribution in [3.8, 4) is 10.4 Å². The minimum atomic E-state index is -1.36. The summed E-state index contributed by atoms with van der Waals surface area (Å²) in [6.07, 6.45) is 0.246. The molecule has 1 aliphatic heterocycles. The molecule has 2 heterocycles. The Bertz CT molecular complexity index is 779. The van der Waals surface area contributed by atoms with Gasteiger partial charge in [0.2, 0.25) is 0 Å². The van der Waals surface area contributed by atoms with Crippen molar-refractivity contribution in [1.82, 2.24) is 5.32 Å². The Morgan fingerprint density at radius 2 is 1.92 bits per heavy atom. The van der Waals surface area contributed by atoms with Crippen LogP contribution in [0.5, 0.6) is 0 Å². The maximum atomic E-state index is 12.4. The number of thiophene rings is 1. The Balaban J connectivity index is 1.82. The number of carboxylic acid groups (broad SMARTS) is 1. The van der Waals surface area contributed by atoms with E-state index in [1.165, 1.54) is 11.3 Å². The molecule has 0 saturated carbocycles. The zero-order chi connectivity index (χ0) is 17.3. The number of carbonyl (C=O) groups excluding carboxylic acids is 1. The molecular weight excluding hydrogens is 373 g/mol. The number of hydrogen-bond acceptors (Lipinski definition) is 4. The largest absolute Gasteiger partial charge is 0.479 e. The Morgan fingerprint density at radius 1 is 1.21 bits per heavy atom. The van der Waals surface area contributed by atoms with Gasteiger partial charge in [-0.05, 0) is 35.9 Å². The number of carbonyl (C=O) groups is 2. The number of halogens is 2. The lowest BCUT2D eigenvalue weighted by Gasteiger charge is -2.23. The molecule has 2 aromatic rings. The number of benzene rings is 1. The van der Waals surface area contributed by atoms with Crippen LogP contribution in [0.2, 0.25) is 10.0 Å². The summed E-state index contributed by atoms with van der Waals surface area (Å²) in [6, 6.07) is 8.56. The van der Waals surface area contributed by atoms with Crippen LogP contribution in [0.3, 0.4) is 0 Å². The normalized spacial score (nSPS) is 20.1. The molecule has 1 aromatic carbocycles. The second-order valence-electron chi connectivity index (χ2n) is 5.47. The molecule has 0 bridgehead atoms. The van der Waals surface area contributed by atoms with Gasteiger partial charge in [0.05, 0.1) is 11.5 Å². The van der Waals surface area contributed by atoms with E-state index in [1.807, 2.05) is 0 Å². The molecule has 8 heteroatoms. The van der Waals surface area contributed by atoms with Crippen LogP contribution in [0.25, 0.3) is 10.4 Å². The van der Waals surface area contributed by atoms with E-state index in [2.05, 4.69) is 5.32 Å². The monoisotopic (exact) mass is 385 g/mol. The van der Waals surface area contributed by atoms with Gasteiger partial charge in [0, 0.05) is 28.0 Å². The van der Waals surface area contributed by atoms with Crippen molar-refractivity contribution in [2.24, 2.45) is 0 Å². The Morgan fingerprint density at radius 3 is 2.50 bits per heavy atom. The molecule has 0 radical (unpaired) electrons. The fourth-order valence-electron chi connectivity index (χ4n) is 2.48. The molecule has 1 amide bonds. The lowest BCUT2D eigenvalue weighted by Crippen LogP contribution is -2.55. The van der Waals surface area contributed by atoms with Gasteiger partial charge < -0.3 is 15.2 Å². The van der Waals surface area contributed by atoms with E-state index in [0.29, 0.717) is 21.5 Å². The summed E-state index contributed by atoms with van der Waals surface area (Å²) < 4.78 is 5.14. The van der Waals surface area contributed by atoms with Crippen molar-refractivity contribution in [1.29, 1.82) is 0 Å². The summed E-state index contributed by atoms with van der Waals surface area (Å²) in [5.74, 6) is -1.53. The summed E-state index contributed by atoms with van der Waals surface area (Å²) >= 11 is 13.2. The number of ether oxygens (including phenoxy) is 1. The van der Waals surface area contributed by atoms with Crippen LogP contribution in [-0.4, -0.2) is 35.7 Å². The van der Waals surface area contributed by atoms with Crippen LogP contribution < -0.4 is 5.32 Å². The molecule has 0 spiro atoms. The molecule has 2 N–H and O–H groups in total. The number of rotatable bonds is 4. The maximum Gasteiger partial charge on any atom is 0.331 e. The highest BCUT2D eigenvalue weighted by Gasteiger charge is 2.44. The van der Waals surface area contributed by atoms with Gasteiger partial charge in [-0.15, -0.1) is 11.3 Å². The van der Waals surface area contributed by atoms with Crippen molar-refractivity contribution in [3.63, 3.8) is 0 Å². The van der Waals surface area contributed by atoms with Gasteiger partial charge in [-0.1, -0.05) is 23.2 Å². The first kappa shape index (κ1) is 17.2. The highest BCUT2D eigenvalue weighted by atomic mass is 35.5. The van der Waals surface area contributed by atoms with Crippen LogP contribution in [0, 0.1) is 0 Å². The molecule has 1 aliphatic rings. The quantitative estimate of drug-likeness (QED) is 0.841. The first-order chi connectivity index (χ1) is 11.4. The van der Waals surface area contributed by atoms with E-state index < -0.39 is 17.4 Å². The van der Waals surface area contributed by atoms with Gasteiger partial charge in [-0.2, -0.15) is 0 Å². The van der Waals surface area contributed by atoms with Crippen LogP contribution in [0.4, 0.5) is 0 Å². The average molecular weight is 386 g/mol. The fourth-order valence-corrected chi connectivity index (χ4v) is 3.89. The predicted molar refractivity (Wildman–Crippen MR) is 93.0 cm³/mol. The van der Waals surface area contributed by atoms with Crippen molar-refractivity contribution in [2.75, 3.05) is 13.2 Å². The fraction of sp³-hybridized carbons (Fsp3) is 0.250. The zero-order valence-corrected chi connectivity index (χ0v) is 14.7. The molecular formula is C16H13Cl2NO4S. The second kappa shape index (κ2) is 6.72.